The number of hydrogen-bond acceptors (Lipinski definition) is 7. The Labute approximate surface area is 224 Å². The SMILES string of the molecule is [2H]COC1CCC(n2c([C@@H]3CCOC(=O)N3C3=CCN(C)CC3)nc3cc(-c4c(C)noc4C)ccc32)CC1. The van der Waals surface area contributed by atoms with E-state index >= 15 is 0 Å². The van der Waals surface area contributed by atoms with Crippen molar-refractivity contribution in [3.05, 3.63) is 47.3 Å². The van der Waals surface area contributed by atoms with Crippen molar-refractivity contribution >= 4 is 17.1 Å². The van der Waals surface area contributed by atoms with Gasteiger partial charge in [0.1, 0.15) is 17.6 Å². The highest BCUT2D eigenvalue weighted by molar-refractivity contribution is 5.84. The number of benzene rings is 1. The number of aromatic nitrogens is 3. The summed E-state index contributed by atoms with van der Waals surface area (Å²) in [5, 5.41) is 4.15. The number of rotatable bonds is 5. The molecule has 1 atom stereocenters. The van der Waals surface area contributed by atoms with Gasteiger partial charge in [-0.3, -0.25) is 4.90 Å². The molecule has 1 saturated heterocycles. The first-order valence-electron chi connectivity index (χ1n) is 14.3. The lowest BCUT2D eigenvalue weighted by Gasteiger charge is -2.39. The van der Waals surface area contributed by atoms with Gasteiger partial charge in [-0.2, -0.15) is 0 Å². The Hall–Kier alpha value is -3.17. The van der Waals surface area contributed by atoms with Crippen molar-refractivity contribution < 1.29 is 20.2 Å². The third kappa shape index (κ3) is 4.41. The van der Waals surface area contributed by atoms with E-state index in [1.54, 1.807) is 0 Å². The standard InChI is InChI=1S/C29H37N5O4/c1-18-27(19(2)38-31-18)20-5-10-25-24(17-20)30-28(33(25)21-6-8-23(36-4)9-7-21)26-13-16-37-29(35)34(26)22-11-14-32(3)15-12-22/h5,10-11,17,21,23,26H,6-9,12-16H2,1-4H3/t21?,23?,26-/m0/s1/i4D. The summed E-state index contributed by atoms with van der Waals surface area (Å²) in [4.78, 5) is 22.6. The van der Waals surface area contributed by atoms with Gasteiger partial charge in [0, 0.05) is 50.3 Å². The van der Waals surface area contributed by atoms with Crippen molar-refractivity contribution in [2.75, 3.05) is 33.8 Å². The van der Waals surface area contributed by atoms with Crippen LogP contribution in [0.5, 0.6) is 0 Å². The Morgan fingerprint density at radius 1 is 1.16 bits per heavy atom. The second-order valence-corrected chi connectivity index (χ2v) is 10.8. The molecule has 1 aromatic carbocycles. The average molecular weight is 521 g/mol. The molecule has 6 rings (SSSR count). The van der Waals surface area contributed by atoms with Gasteiger partial charge in [0.2, 0.25) is 0 Å². The monoisotopic (exact) mass is 520 g/mol. The van der Waals surface area contributed by atoms with E-state index in [9.17, 15) is 4.79 Å². The highest BCUT2D eigenvalue weighted by Gasteiger charge is 2.38. The molecule has 0 spiro atoms. The zero-order valence-electron chi connectivity index (χ0n) is 23.5. The molecule has 9 nitrogen and oxygen atoms in total. The van der Waals surface area contributed by atoms with Crippen molar-refractivity contribution in [3.8, 4) is 11.1 Å². The van der Waals surface area contributed by atoms with Gasteiger partial charge in [0.15, 0.2) is 0 Å². The lowest BCUT2D eigenvalue weighted by atomic mass is 9.92. The number of nitrogens with zero attached hydrogens (tertiary/aromatic N) is 5. The maximum Gasteiger partial charge on any atom is 0.414 e. The largest absolute Gasteiger partial charge is 0.449 e. The summed E-state index contributed by atoms with van der Waals surface area (Å²) in [6.07, 6.45) is 7.19. The molecular weight excluding hydrogens is 482 g/mol. The molecule has 1 saturated carbocycles. The second-order valence-electron chi connectivity index (χ2n) is 10.8. The van der Waals surface area contributed by atoms with E-state index in [0.717, 1.165) is 90.3 Å². The number of carbonyl (C=O) groups is 1. The lowest BCUT2D eigenvalue weighted by molar-refractivity contribution is 0.0476. The number of imidazole rings is 1. The smallest absolute Gasteiger partial charge is 0.414 e. The molecule has 2 aromatic heterocycles. The number of hydrogen-bond donors (Lipinski definition) is 0. The van der Waals surface area contributed by atoms with Gasteiger partial charge >= 0.3 is 6.09 Å². The first kappa shape index (κ1) is 23.9. The summed E-state index contributed by atoms with van der Waals surface area (Å²) in [5.41, 5.74) is 5.88. The van der Waals surface area contributed by atoms with Gasteiger partial charge < -0.3 is 23.5 Å². The molecule has 0 bridgehead atoms. The Bertz CT molecular complexity index is 1370. The third-order valence-corrected chi connectivity index (χ3v) is 8.40. The van der Waals surface area contributed by atoms with Gasteiger partial charge in [-0.05, 0) is 64.3 Å². The number of methoxy groups -OCH3 is 1. The molecule has 0 unspecified atom stereocenters. The van der Waals surface area contributed by atoms with Crippen LogP contribution >= 0.6 is 0 Å². The number of likely N-dealkylation sites (N-methyl/N-ethyl adjacent to an activating group) is 1. The van der Waals surface area contributed by atoms with Gasteiger partial charge in [0.05, 0.1) is 30.8 Å². The fourth-order valence-corrected chi connectivity index (χ4v) is 6.38. The van der Waals surface area contributed by atoms with E-state index in [1.807, 2.05) is 18.7 Å². The van der Waals surface area contributed by atoms with Crippen LogP contribution in [0, 0.1) is 13.8 Å². The Morgan fingerprint density at radius 2 is 2.00 bits per heavy atom. The molecule has 2 fully saturated rings. The molecule has 1 aliphatic carbocycles. The van der Waals surface area contributed by atoms with Crippen LogP contribution in [0.25, 0.3) is 22.2 Å². The molecule has 0 N–H and O–H groups in total. The Balaban J connectivity index is 1.45. The quantitative estimate of drug-likeness (QED) is 0.437. The fourth-order valence-electron chi connectivity index (χ4n) is 6.38. The molecule has 4 heterocycles. The van der Waals surface area contributed by atoms with Gasteiger partial charge in [0.25, 0.3) is 0 Å². The highest BCUT2D eigenvalue weighted by Crippen LogP contribution is 2.41. The Morgan fingerprint density at radius 3 is 2.71 bits per heavy atom. The predicted octanol–water partition coefficient (Wildman–Crippen LogP) is 5.54. The minimum Gasteiger partial charge on any atom is -0.449 e. The minimum atomic E-state index is -0.287. The summed E-state index contributed by atoms with van der Waals surface area (Å²) < 4.78 is 26.5. The van der Waals surface area contributed by atoms with E-state index in [2.05, 4.69) is 45.9 Å². The molecule has 3 aromatic rings. The van der Waals surface area contributed by atoms with Crippen molar-refractivity contribution in [1.29, 1.82) is 0 Å². The van der Waals surface area contributed by atoms with E-state index in [0.29, 0.717) is 13.0 Å². The van der Waals surface area contributed by atoms with Crippen LogP contribution in [-0.2, 0) is 9.47 Å². The molecule has 9 heteroatoms. The molecule has 38 heavy (non-hydrogen) atoms. The topological polar surface area (TPSA) is 85.9 Å². The van der Waals surface area contributed by atoms with Crippen LogP contribution in [0.15, 0.2) is 34.5 Å². The van der Waals surface area contributed by atoms with Crippen LogP contribution in [0.1, 0.15) is 69.3 Å². The second kappa shape index (κ2) is 10.2. The molecule has 3 aliphatic rings. The Kier molecular flexibility index (Phi) is 6.41. The van der Waals surface area contributed by atoms with Crippen LogP contribution in [0.4, 0.5) is 4.79 Å². The number of ether oxygens (including phenoxy) is 2. The van der Waals surface area contributed by atoms with Crippen LogP contribution in [0.3, 0.4) is 0 Å². The fraction of sp³-hybridized carbons (Fsp3) is 0.552. The molecular formula is C29H37N5O4. The summed E-state index contributed by atoms with van der Waals surface area (Å²) in [6.45, 7) is 5.98. The number of amides is 1. The number of fused-ring (bicyclic) bond motifs is 1. The summed E-state index contributed by atoms with van der Waals surface area (Å²) in [5.74, 6) is 1.71. The van der Waals surface area contributed by atoms with Crippen LogP contribution in [-0.4, -0.2) is 70.5 Å². The molecule has 1 amide bonds. The minimum absolute atomic E-state index is 0.00249. The van der Waals surface area contributed by atoms with Crippen molar-refractivity contribution in [2.45, 2.75) is 70.6 Å². The van der Waals surface area contributed by atoms with E-state index in [1.165, 1.54) is 0 Å². The first-order chi connectivity index (χ1) is 18.9. The van der Waals surface area contributed by atoms with Gasteiger partial charge in [-0.25, -0.2) is 9.78 Å². The maximum atomic E-state index is 13.2. The average Bonchev–Trinajstić information content (AvgIpc) is 3.48. The van der Waals surface area contributed by atoms with E-state index in [4.69, 9.17) is 20.4 Å². The lowest BCUT2D eigenvalue weighted by Crippen LogP contribution is -2.43. The zero-order chi connectivity index (χ0) is 27.1. The molecule has 202 valence electrons. The van der Waals surface area contributed by atoms with Crippen molar-refractivity contribution in [2.24, 2.45) is 0 Å². The van der Waals surface area contributed by atoms with E-state index in [-0.39, 0.29) is 31.4 Å². The maximum absolute atomic E-state index is 13.2. The van der Waals surface area contributed by atoms with Crippen molar-refractivity contribution in [3.63, 3.8) is 0 Å². The highest BCUT2D eigenvalue weighted by atomic mass is 16.6. The predicted molar refractivity (Wildman–Crippen MR) is 144 cm³/mol. The van der Waals surface area contributed by atoms with Crippen molar-refractivity contribution in [1.82, 2.24) is 24.5 Å². The first-order valence-corrected chi connectivity index (χ1v) is 13.6. The molecule has 0 radical (unpaired) electrons. The third-order valence-electron chi connectivity index (χ3n) is 8.40. The number of carbonyl (C=O) groups excluding carboxylic acids is 1. The molecule has 2 aliphatic heterocycles. The van der Waals surface area contributed by atoms with E-state index < -0.39 is 0 Å². The summed E-state index contributed by atoms with van der Waals surface area (Å²) >= 11 is 0. The normalized spacial score (nSPS) is 25.4. The van der Waals surface area contributed by atoms with Gasteiger partial charge in [-0.15, -0.1) is 0 Å². The summed E-state index contributed by atoms with van der Waals surface area (Å²) in [7, 11) is 2.10. The number of cyclic esters (lactones) is 1. The number of aryl methyl sites for hydroxylation is 2. The van der Waals surface area contributed by atoms with Gasteiger partial charge in [-0.1, -0.05) is 17.3 Å². The summed E-state index contributed by atoms with van der Waals surface area (Å²) in [6, 6.07) is 6.44. The van der Waals surface area contributed by atoms with Crippen LogP contribution in [0.2, 0.25) is 0 Å². The van der Waals surface area contributed by atoms with Crippen LogP contribution < -0.4 is 0 Å². The zero-order valence-corrected chi connectivity index (χ0v) is 22.5.